The number of rotatable bonds is 6. The summed E-state index contributed by atoms with van der Waals surface area (Å²) in [5.41, 5.74) is 3.08. The van der Waals surface area contributed by atoms with E-state index in [1.807, 2.05) is 5.57 Å². The molecule has 4 aliphatic carbocycles. The van der Waals surface area contributed by atoms with E-state index in [4.69, 9.17) is 0 Å². The number of allylic oxidation sites excluding steroid dienone is 2. The summed E-state index contributed by atoms with van der Waals surface area (Å²) in [4.78, 5) is 0. The average Bonchev–Trinajstić information content (AvgIpc) is 3.04. The first-order valence-corrected chi connectivity index (χ1v) is 13.5. The van der Waals surface area contributed by atoms with Crippen LogP contribution in [0.2, 0.25) is 0 Å². The van der Waals surface area contributed by atoms with Gasteiger partial charge in [-0.1, -0.05) is 93.7 Å². The Balaban J connectivity index is 0.00000171. The van der Waals surface area contributed by atoms with Gasteiger partial charge in [0.05, 0.1) is 0 Å². The third kappa shape index (κ3) is 4.71. The molecule has 4 aliphatic rings. The minimum Gasteiger partial charge on any atom is -0.0845 e. The van der Waals surface area contributed by atoms with Crippen LogP contribution in [-0.2, 0) is 0 Å². The smallest absolute Gasteiger partial charge is 0.00851 e. The lowest BCUT2D eigenvalue weighted by molar-refractivity contribution is -0.0528. The van der Waals surface area contributed by atoms with Crippen LogP contribution in [0.3, 0.4) is 0 Å². The maximum absolute atomic E-state index is 2.77. The molecule has 0 aromatic rings. The summed E-state index contributed by atoms with van der Waals surface area (Å²) < 4.78 is 0. The first-order chi connectivity index (χ1) is 13.8. The lowest BCUT2D eigenvalue weighted by atomic mass is 9.46. The van der Waals surface area contributed by atoms with Crippen molar-refractivity contribution in [1.29, 1.82) is 0 Å². The molecule has 0 heterocycles. The van der Waals surface area contributed by atoms with Crippen LogP contribution in [0.5, 0.6) is 0 Å². The van der Waals surface area contributed by atoms with Crippen molar-refractivity contribution in [3.63, 3.8) is 0 Å². The fourth-order valence-electron chi connectivity index (χ4n) is 9.11. The van der Waals surface area contributed by atoms with E-state index in [-0.39, 0.29) is 14.9 Å². The molecule has 0 amide bonds. The predicted octanol–water partition coefficient (Wildman–Crippen LogP) is 10.3. The van der Waals surface area contributed by atoms with Crippen molar-refractivity contribution in [3.8, 4) is 0 Å². The molecule has 0 bridgehead atoms. The molecular formula is C31H58. The second-order valence-electron chi connectivity index (χ2n) is 12.8. The van der Waals surface area contributed by atoms with Crippen LogP contribution < -0.4 is 0 Å². The van der Waals surface area contributed by atoms with Crippen molar-refractivity contribution in [2.24, 2.45) is 52.3 Å². The van der Waals surface area contributed by atoms with Crippen LogP contribution in [0.15, 0.2) is 11.6 Å². The summed E-state index contributed by atoms with van der Waals surface area (Å²) >= 11 is 0. The molecule has 0 aromatic carbocycles. The quantitative estimate of drug-likeness (QED) is 0.367. The van der Waals surface area contributed by atoms with Crippen LogP contribution in [0.1, 0.15) is 133 Å². The Morgan fingerprint density at radius 1 is 0.935 bits per heavy atom. The minimum atomic E-state index is 0. The van der Waals surface area contributed by atoms with Crippen molar-refractivity contribution in [1.82, 2.24) is 0 Å². The predicted molar refractivity (Wildman–Crippen MR) is 140 cm³/mol. The summed E-state index contributed by atoms with van der Waals surface area (Å²) in [5, 5.41) is 0. The van der Waals surface area contributed by atoms with Crippen molar-refractivity contribution in [2.45, 2.75) is 133 Å². The fraction of sp³-hybridized carbons (Fsp3) is 0.935. The number of hydrogen-bond donors (Lipinski definition) is 0. The maximum Gasteiger partial charge on any atom is -0.00851 e. The highest BCUT2D eigenvalue weighted by Crippen LogP contribution is 2.67. The van der Waals surface area contributed by atoms with Gasteiger partial charge in [-0.2, -0.15) is 0 Å². The van der Waals surface area contributed by atoms with Gasteiger partial charge < -0.3 is 0 Å². The second-order valence-corrected chi connectivity index (χ2v) is 12.8. The van der Waals surface area contributed by atoms with E-state index in [1.54, 1.807) is 0 Å². The van der Waals surface area contributed by atoms with E-state index in [0.29, 0.717) is 10.8 Å². The molecule has 4 unspecified atom stereocenters. The van der Waals surface area contributed by atoms with Crippen LogP contribution in [-0.4, -0.2) is 0 Å². The molecular weight excluding hydrogens is 372 g/mol. The molecule has 0 aromatic heterocycles. The third-order valence-corrected chi connectivity index (χ3v) is 11.0. The Hall–Kier alpha value is -0.260. The van der Waals surface area contributed by atoms with Gasteiger partial charge in [0.1, 0.15) is 0 Å². The van der Waals surface area contributed by atoms with Crippen LogP contribution in [0, 0.1) is 52.3 Å². The van der Waals surface area contributed by atoms with Gasteiger partial charge in [0.2, 0.25) is 0 Å². The topological polar surface area (TPSA) is 0 Å². The second kappa shape index (κ2) is 10.3. The molecule has 0 saturated heterocycles. The van der Waals surface area contributed by atoms with Gasteiger partial charge in [-0.15, -0.1) is 0 Å². The van der Waals surface area contributed by atoms with Crippen molar-refractivity contribution >= 4 is 0 Å². The van der Waals surface area contributed by atoms with Crippen LogP contribution in [0.25, 0.3) is 0 Å². The SMILES string of the molecule is C.C.CC[C@H]1CCC2(C)C(=CC[C@H]3C2CCC2(C)C([C@H](C)CCCC(C)C)CC[C@@H]32)C1. The van der Waals surface area contributed by atoms with E-state index in [0.717, 1.165) is 41.4 Å². The van der Waals surface area contributed by atoms with Gasteiger partial charge in [-0.05, 0) is 104 Å². The first kappa shape index (κ1) is 27.0. The normalized spacial score (nSPS) is 42.4. The minimum absolute atomic E-state index is 0. The zero-order valence-corrected chi connectivity index (χ0v) is 20.6. The Morgan fingerprint density at radius 2 is 1.68 bits per heavy atom. The number of hydrogen-bond acceptors (Lipinski definition) is 0. The zero-order valence-electron chi connectivity index (χ0n) is 20.6. The Kier molecular flexibility index (Phi) is 9.00. The van der Waals surface area contributed by atoms with Crippen LogP contribution in [0.4, 0.5) is 0 Å². The first-order valence-electron chi connectivity index (χ1n) is 13.5. The van der Waals surface area contributed by atoms with E-state index >= 15 is 0 Å². The van der Waals surface area contributed by atoms with E-state index in [9.17, 15) is 0 Å². The van der Waals surface area contributed by atoms with Gasteiger partial charge in [0.15, 0.2) is 0 Å². The van der Waals surface area contributed by atoms with Crippen molar-refractivity contribution < 1.29 is 0 Å². The van der Waals surface area contributed by atoms with Crippen molar-refractivity contribution in [3.05, 3.63) is 11.6 Å². The average molecular weight is 431 g/mol. The number of fused-ring (bicyclic) bond motifs is 5. The highest BCUT2D eigenvalue weighted by Gasteiger charge is 2.58. The lowest BCUT2D eigenvalue weighted by Gasteiger charge is -2.58. The largest absolute Gasteiger partial charge is 0.0845 e. The monoisotopic (exact) mass is 430 g/mol. The summed E-state index contributed by atoms with van der Waals surface area (Å²) in [5.74, 6) is 6.78. The summed E-state index contributed by atoms with van der Waals surface area (Å²) in [6.07, 6.45) is 20.4. The maximum atomic E-state index is 2.77. The molecule has 0 radical (unpaired) electrons. The molecule has 0 spiro atoms. The van der Waals surface area contributed by atoms with E-state index in [1.165, 1.54) is 77.0 Å². The van der Waals surface area contributed by atoms with Crippen molar-refractivity contribution in [2.75, 3.05) is 0 Å². The standard InChI is InChI=1S/C29H50.2CH4/c1-7-22-15-17-28(5)23(19-22)11-12-24-26-14-13-25(21(4)10-8-9-20(2)3)29(26,6)18-16-27(24)28;;/h11,20-22,24-27H,7-10,12-19H2,1-6H3;2*1H4/t21-,22+,24-,25?,26+,27?,28?,29?;;/m1../s1. The Labute approximate surface area is 197 Å². The Bertz CT molecular complexity index is 599. The van der Waals surface area contributed by atoms with E-state index < -0.39 is 0 Å². The lowest BCUT2D eigenvalue weighted by Crippen LogP contribution is -2.50. The van der Waals surface area contributed by atoms with Gasteiger partial charge in [0.25, 0.3) is 0 Å². The molecule has 0 nitrogen and oxygen atoms in total. The molecule has 3 fully saturated rings. The Morgan fingerprint density at radius 3 is 2.35 bits per heavy atom. The molecule has 8 atom stereocenters. The molecule has 0 aliphatic heterocycles. The molecule has 182 valence electrons. The van der Waals surface area contributed by atoms with Gasteiger partial charge in [-0.3, -0.25) is 0 Å². The van der Waals surface area contributed by atoms with Crippen LogP contribution >= 0.6 is 0 Å². The molecule has 0 N–H and O–H groups in total. The molecule has 3 saturated carbocycles. The summed E-state index contributed by atoms with van der Waals surface area (Å²) in [7, 11) is 0. The molecule has 4 rings (SSSR count). The zero-order chi connectivity index (χ0) is 20.8. The molecule has 0 heteroatoms. The highest BCUT2D eigenvalue weighted by molar-refractivity contribution is 5.25. The van der Waals surface area contributed by atoms with Gasteiger partial charge in [0, 0.05) is 0 Å². The van der Waals surface area contributed by atoms with Gasteiger partial charge >= 0.3 is 0 Å². The summed E-state index contributed by atoms with van der Waals surface area (Å²) in [6.45, 7) is 15.2. The summed E-state index contributed by atoms with van der Waals surface area (Å²) in [6, 6.07) is 0. The van der Waals surface area contributed by atoms with Gasteiger partial charge in [-0.25, -0.2) is 0 Å². The molecule has 31 heavy (non-hydrogen) atoms. The third-order valence-electron chi connectivity index (χ3n) is 11.0. The van der Waals surface area contributed by atoms with E-state index in [2.05, 4.69) is 47.6 Å². The fourth-order valence-corrected chi connectivity index (χ4v) is 9.11. The highest BCUT2D eigenvalue weighted by atomic mass is 14.6.